The average molecular weight is 370 g/mol. The van der Waals surface area contributed by atoms with Crippen LogP contribution in [0.2, 0.25) is 0 Å². The van der Waals surface area contributed by atoms with Gasteiger partial charge in [0.15, 0.2) is 0 Å². The van der Waals surface area contributed by atoms with Crippen LogP contribution in [0.4, 0.5) is 5.69 Å². The standard InChI is InChI=1S/C23H18N2O3/c1-27-21-12-13-24-20(21)15-18-22-16(7-5-11-19(22)25-23(18)26)8-6-14-28-17-9-3-2-4-10-17/h2-5,7,9-13,15,24H,14H2,1H3,(H,25,26)/b18-15-. The van der Waals surface area contributed by atoms with E-state index in [4.69, 9.17) is 9.47 Å². The Hall–Kier alpha value is -3.91. The fourth-order valence-electron chi connectivity index (χ4n) is 3.06. The van der Waals surface area contributed by atoms with Gasteiger partial charge in [-0.05, 0) is 36.4 Å². The molecular formula is C23H18N2O3. The molecule has 0 aliphatic carbocycles. The number of aromatic nitrogens is 1. The van der Waals surface area contributed by atoms with E-state index in [1.807, 2.05) is 54.6 Å². The number of carbonyl (C=O) groups excluding carboxylic acids is 1. The number of nitrogens with one attached hydrogen (secondary N) is 2. The summed E-state index contributed by atoms with van der Waals surface area (Å²) in [5.74, 6) is 7.43. The highest BCUT2D eigenvalue weighted by atomic mass is 16.5. The van der Waals surface area contributed by atoms with Crippen LogP contribution in [0.25, 0.3) is 11.6 Å². The van der Waals surface area contributed by atoms with Crippen LogP contribution >= 0.6 is 0 Å². The Balaban J connectivity index is 1.63. The molecule has 2 N–H and O–H groups in total. The number of ether oxygens (including phenoxy) is 2. The number of carbonyl (C=O) groups is 1. The van der Waals surface area contributed by atoms with Gasteiger partial charge in [0.25, 0.3) is 5.91 Å². The Labute approximate surface area is 163 Å². The third-order valence-corrected chi connectivity index (χ3v) is 4.35. The van der Waals surface area contributed by atoms with E-state index in [1.54, 1.807) is 19.4 Å². The largest absolute Gasteiger partial charge is 0.495 e. The molecule has 1 aliphatic rings. The van der Waals surface area contributed by atoms with Crippen LogP contribution in [-0.4, -0.2) is 24.6 Å². The van der Waals surface area contributed by atoms with Gasteiger partial charge >= 0.3 is 0 Å². The molecule has 28 heavy (non-hydrogen) atoms. The summed E-state index contributed by atoms with van der Waals surface area (Å²) >= 11 is 0. The van der Waals surface area contributed by atoms with E-state index < -0.39 is 0 Å². The van der Waals surface area contributed by atoms with Gasteiger partial charge in [-0.2, -0.15) is 0 Å². The van der Waals surface area contributed by atoms with E-state index in [-0.39, 0.29) is 12.5 Å². The first-order valence-electron chi connectivity index (χ1n) is 8.81. The van der Waals surface area contributed by atoms with Crippen molar-refractivity contribution in [3.05, 3.63) is 77.6 Å². The lowest BCUT2D eigenvalue weighted by molar-refractivity contribution is -0.110. The molecule has 1 aliphatic heterocycles. The van der Waals surface area contributed by atoms with Crippen LogP contribution in [0.5, 0.6) is 11.5 Å². The summed E-state index contributed by atoms with van der Waals surface area (Å²) in [4.78, 5) is 15.6. The summed E-state index contributed by atoms with van der Waals surface area (Å²) in [5.41, 5.74) is 3.58. The second-order valence-electron chi connectivity index (χ2n) is 6.10. The summed E-state index contributed by atoms with van der Waals surface area (Å²) in [6, 6.07) is 17.0. The van der Waals surface area contributed by atoms with E-state index in [0.717, 1.165) is 28.3 Å². The summed E-state index contributed by atoms with van der Waals surface area (Å²) in [7, 11) is 1.59. The highest BCUT2D eigenvalue weighted by Gasteiger charge is 2.26. The summed E-state index contributed by atoms with van der Waals surface area (Å²) in [6.07, 6.45) is 3.55. The van der Waals surface area contributed by atoms with Gasteiger partial charge in [0.2, 0.25) is 0 Å². The van der Waals surface area contributed by atoms with Crippen molar-refractivity contribution in [2.75, 3.05) is 19.0 Å². The summed E-state index contributed by atoms with van der Waals surface area (Å²) in [6.45, 7) is 0.262. The number of methoxy groups -OCH3 is 1. The monoisotopic (exact) mass is 370 g/mol. The molecule has 1 amide bonds. The lowest BCUT2D eigenvalue weighted by atomic mass is 10.00. The van der Waals surface area contributed by atoms with Crippen molar-refractivity contribution in [1.29, 1.82) is 0 Å². The van der Waals surface area contributed by atoms with E-state index in [1.165, 1.54) is 0 Å². The van der Waals surface area contributed by atoms with Crippen molar-refractivity contribution in [1.82, 2.24) is 4.98 Å². The van der Waals surface area contributed by atoms with E-state index in [0.29, 0.717) is 11.3 Å². The predicted octanol–water partition coefficient (Wildman–Crippen LogP) is 3.95. The van der Waals surface area contributed by atoms with Crippen LogP contribution in [0.15, 0.2) is 60.8 Å². The van der Waals surface area contributed by atoms with Crippen LogP contribution in [-0.2, 0) is 4.79 Å². The molecule has 5 nitrogen and oxygen atoms in total. The molecule has 3 aromatic rings. The molecule has 5 heteroatoms. The number of benzene rings is 2. The van der Waals surface area contributed by atoms with Gasteiger partial charge in [-0.3, -0.25) is 4.79 Å². The molecule has 0 unspecified atom stereocenters. The van der Waals surface area contributed by atoms with Crippen LogP contribution in [0.3, 0.4) is 0 Å². The molecular weight excluding hydrogens is 352 g/mol. The maximum atomic E-state index is 12.5. The lowest BCUT2D eigenvalue weighted by Gasteiger charge is -2.03. The number of H-pyrrole nitrogens is 1. The number of anilines is 1. The SMILES string of the molecule is COc1cc[nH]c1/C=C1\C(=O)Nc2cccc(C#CCOc3ccccc3)c21. The molecule has 138 valence electrons. The maximum absolute atomic E-state index is 12.5. The van der Waals surface area contributed by atoms with Crippen molar-refractivity contribution in [2.24, 2.45) is 0 Å². The first-order chi connectivity index (χ1) is 13.8. The summed E-state index contributed by atoms with van der Waals surface area (Å²) in [5, 5.41) is 2.89. The molecule has 2 heterocycles. The minimum absolute atomic E-state index is 0.165. The molecule has 0 spiro atoms. The quantitative estimate of drug-likeness (QED) is 0.540. The smallest absolute Gasteiger partial charge is 0.256 e. The Kier molecular flexibility index (Phi) is 4.85. The average Bonchev–Trinajstić information content (AvgIpc) is 3.30. The molecule has 0 radical (unpaired) electrons. The Morgan fingerprint density at radius 1 is 1.07 bits per heavy atom. The zero-order valence-electron chi connectivity index (χ0n) is 15.3. The number of aromatic amines is 1. The Morgan fingerprint density at radius 3 is 2.75 bits per heavy atom. The van der Waals surface area contributed by atoms with Crippen molar-refractivity contribution in [3.8, 4) is 23.3 Å². The Bertz CT molecular complexity index is 1100. The second-order valence-corrected chi connectivity index (χ2v) is 6.10. The van der Waals surface area contributed by atoms with Gasteiger partial charge in [-0.25, -0.2) is 0 Å². The number of para-hydroxylation sites is 1. The minimum atomic E-state index is -0.165. The van der Waals surface area contributed by atoms with Gasteiger partial charge in [-0.1, -0.05) is 36.1 Å². The first kappa shape index (κ1) is 17.5. The van der Waals surface area contributed by atoms with Crippen molar-refractivity contribution in [2.45, 2.75) is 0 Å². The van der Waals surface area contributed by atoms with Crippen molar-refractivity contribution in [3.63, 3.8) is 0 Å². The maximum Gasteiger partial charge on any atom is 0.256 e. The first-order valence-corrected chi connectivity index (χ1v) is 8.81. The highest BCUT2D eigenvalue weighted by Crippen LogP contribution is 2.36. The lowest BCUT2D eigenvalue weighted by Crippen LogP contribution is -2.03. The van der Waals surface area contributed by atoms with Gasteiger partial charge in [0.1, 0.15) is 18.1 Å². The third kappa shape index (κ3) is 3.49. The molecule has 0 saturated carbocycles. The highest BCUT2D eigenvalue weighted by molar-refractivity contribution is 6.35. The fourth-order valence-corrected chi connectivity index (χ4v) is 3.06. The van der Waals surface area contributed by atoms with E-state index in [2.05, 4.69) is 22.1 Å². The zero-order chi connectivity index (χ0) is 19.3. The van der Waals surface area contributed by atoms with Crippen molar-refractivity contribution >= 4 is 23.2 Å². The molecule has 0 saturated heterocycles. The molecule has 0 fully saturated rings. The minimum Gasteiger partial charge on any atom is -0.495 e. The van der Waals surface area contributed by atoms with Gasteiger partial charge < -0.3 is 19.8 Å². The molecule has 2 aromatic carbocycles. The molecule has 4 rings (SSSR count). The number of amides is 1. The normalized spacial score (nSPS) is 13.5. The number of hydrogen-bond acceptors (Lipinski definition) is 3. The van der Waals surface area contributed by atoms with Crippen LogP contribution < -0.4 is 14.8 Å². The molecule has 0 bridgehead atoms. The summed E-state index contributed by atoms with van der Waals surface area (Å²) < 4.78 is 10.9. The zero-order valence-corrected chi connectivity index (χ0v) is 15.3. The molecule has 0 atom stereocenters. The Morgan fingerprint density at radius 2 is 1.93 bits per heavy atom. The van der Waals surface area contributed by atoms with Crippen molar-refractivity contribution < 1.29 is 14.3 Å². The number of rotatable bonds is 4. The second kappa shape index (κ2) is 7.77. The van der Waals surface area contributed by atoms with Crippen LogP contribution in [0, 0.1) is 11.8 Å². The number of hydrogen-bond donors (Lipinski definition) is 2. The van der Waals surface area contributed by atoms with E-state index >= 15 is 0 Å². The predicted molar refractivity (Wildman–Crippen MR) is 109 cm³/mol. The third-order valence-electron chi connectivity index (χ3n) is 4.35. The van der Waals surface area contributed by atoms with Gasteiger partial charge in [0, 0.05) is 17.3 Å². The van der Waals surface area contributed by atoms with Crippen LogP contribution in [0.1, 0.15) is 16.8 Å². The van der Waals surface area contributed by atoms with Gasteiger partial charge in [0.05, 0.1) is 24.1 Å². The number of fused-ring (bicyclic) bond motifs is 1. The molecule has 1 aromatic heterocycles. The fraction of sp³-hybridized carbons (Fsp3) is 0.0870. The topological polar surface area (TPSA) is 63.4 Å². The van der Waals surface area contributed by atoms with Gasteiger partial charge in [-0.15, -0.1) is 0 Å². The van der Waals surface area contributed by atoms with E-state index in [9.17, 15) is 4.79 Å².